The van der Waals surface area contributed by atoms with Gasteiger partial charge in [0.05, 0.1) is 16.9 Å². The number of carbonyl (C=O) groups excluding carboxylic acids is 1. The number of carboxylic acid groups (broad SMARTS) is 1. The normalized spacial score (nSPS) is 11.1. The average molecular weight is 525 g/mol. The van der Waals surface area contributed by atoms with Crippen LogP contribution >= 0.6 is 0 Å². The minimum atomic E-state index is -4.33. The first-order valence-corrected chi connectivity index (χ1v) is 12.2. The van der Waals surface area contributed by atoms with Crippen LogP contribution in [-0.4, -0.2) is 30.4 Å². The van der Waals surface area contributed by atoms with Crippen LogP contribution in [0.25, 0.3) is 11.3 Å². The molecule has 8 nitrogen and oxygen atoms in total. The molecule has 0 spiro atoms. The van der Waals surface area contributed by atoms with E-state index in [0.717, 1.165) is 6.20 Å². The third-order valence-corrected chi connectivity index (χ3v) is 6.56. The third-order valence-electron chi connectivity index (χ3n) is 5.19. The predicted molar refractivity (Wildman–Crippen MR) is 129 cm³/mol. The van der Waals surface area contributed by atoms with Gasteiger partial charge < -0.3 is 9.84 Å². The van der Waals surface area contributed by atoms with E-state index < -0.39 is 44.8 Å². The molecule has 4 rings (SSSR count). The minimum Gasteiger partial charge on any atom is -0.478 e. The van der Waals surface area contributed by atoms with E-state index >= 15 is 0 Å². The summed E-state index contributed by atoms with van der Waals surface area (Å²) in [6, 6.07) is 18.4. The van der Waals surface area contributed by atoms with Gasteiger partial charge in [-0.3, -0.25) is 9.71 Å². The molecule has 0 saturated carbocycles. The van der Waals surface area contributed by atoms with E-state index in [1.807, 2.05) is 4.72 Å². The van der Waals surface area contributed by atoms with Crippen LogP contribution in [-0.2, 0) is 21.4 Å². The summed E-state index contributed by atoms with van der Waals surface area (Å²) < 4.78 is 61.6. The maximum absolute atomic E-state index is 14.6. The van der Waals surface area contributed by atoms with Gasteiger partial charge in [-0.25, -0.2) is 26.8 Å². The van der Waals surface area contributed by atoms with Gasteiger partial charge in [-0.05, 0) is 35.9 Å². The van der Waals surface area contributed by atoms with E-state index in [-0.39, 0.29) is 28.3 Å². The topological polar surface area (TPSA) is 123 Å². The molecule has 0 bridgehead atoms. The summed E-state index contributed by atoms with van der Waals surface area (Å²) in [6.07, 6.45) is 0.984. The number of sulfonamides is 1. The molecule has 0 aliphatic rings. The Morgan fingerprint density at radius 1 is 0.919 bits per heavy atom. The molecule has 3 aromatic carbocycles. The number of pyridine rings is 1. The van der Waals surface area contributed by atoms with Gasteiger partial charge in [0, 0.05) is 11.8 Å². The van der Waals surface area contributed by atoms with Crippen molar-refractivity contribution in [2.75, 3.05) is 4.72 Å². The highest BCUT2D eigenvalue weighted by atomic mass is 32.2. The lowest BCUT2D eigenvalue weighted by molar-refractivity contribution is 0.0461. The zero-order valence-electron chi connectivity index (χ0n) is 18.9. The summed E-state index contributed by atoms with van der Waals surface area (Å²) >= 11 is 0. The first kappa shape index (κ1) is 25.5. The predicted octanol–water partition coefficient (Wildman–Crippen LogP) is 4.88. The third kappa shape index (κ3) is 5.78. The fourth-order valence-electron chi connectivity index (χ4n) is 3.43. The van der Waals surface area contributed by atoms with Crippen molar-refractivity contribution in [3.05, 3.63) is 113 Å². The summed E-state index contributed by atoms with van der Waals surface area (Å²) in [5, 5.41) is 9.33. The van der Waals surface area contributed by atoms with Gasteiger partial charge in [0.2, 0.25) is 0 Å². The van der Waals surface area contributed by atoms with Crippen LogP contribution in [0.1, 0.15) is 26.3 Å². The summed E-state index contributed by atoms with van der Waals surface area (Å²) in [4.78, 5) is 27.3. The van der Waals surface area contributed by atoms with Gasteiger partial charge in [-0.15, -0.1) is 0 Å². The number of benzene rings is 3. The molecule has 2 N–H and O–H groups in total. The molecule has 0 radical (unpaired) electrons. The first-order valence-electron chi connectivity index (χ1n) is 10.7. The number of hydrogen-bond donors (Lipinski definition) is 2. The molecule has 0 fully saturated rings. The second-order valence-electron chi connectivity index (χ2n) is 7.71. The molecule has 4 aromatic rings. The van der Waals surface area contributed by atoms with E-state index in [2.05, 4.69) is 4.98 Å². The number of anilines is 1. The highest BCUT2D eigenvalue weighted by Gasteiger charge is 2.23. The Morgan fingerprint density at radius 3 is 2.19 bits per heavy atom. The molecular formula is C26H18F2N2O6S. The van der Waals surface area contributed by atoms with Crippen molar-refractivity contribution in [1.82, 2.24) is 4.98 Å². The summed E-state index contributed by atoms with van der Waals surface area (Å²) in [5.41, 5.74) is -0.320. The number of nitrogens with zero attached hydrogens (tertiary/aromatic N) is 1. The highest BCUT2D eigenvalue weighted by Crippen LogP contribution is 2.25. The van der Waals surface area contributed by atoms with Crippen molar-refractivity contribution in [3.8, 4) is 11.3 Å². The number of nitrogens with one attached hydrogen (secondary N) is 1. The number of ether oxygens (including phenoxy) is 1. The number of aromatic nitrogens is 1. The SMILES string of the molecule is O=C(O)c1ccccc1-c1ccc(S(=O)(=O)Nc2cc(F)c(C(=O)OCc3ccccc3)c(F)c2)cn1. The van der Waals surface area contributed by atoms with Gasteiger partial charge in [0.1, 0.15) is 28.7 Å². The van der Waals surface area contributed by atoms with Crippen LogP contribution in [0.2, 0.25) is 0 Å². The van der Waals surface area contributed by atoms with Crippen molar-refractivity contribution in [2.45, 2.75) is 11.5 Å². The van der Waals surface area contributed by atoms with Crippen molar-refractivity contribution in [3.63, 3.8) is 0 Å². The first-order chi connectivity index (χ1) is 17.7. The molecule has 1 aromatic heterocycles. The molecule has 1 heterocycles. The molecular weight excluding hydrogens is 506 g/mol. The van der Waals surface area contributed by atoms with Gasteiger partial charge in [-0.1, -0.05) is 48.5 Å². The monoisotopic (exact) mass is 524 g/mol. The number of hydrogen-bond acceptors (Lipinski definition) is 6. The number of aromatic carboxylic acids is 1. The highest BCUT2D eigenvalue weighted by molar-refractivity contribution is 7.92. The number of carboxylic acids is 1. The van der Waals surface area contributed by atoms with Crippen LogP contribution in [0.3, 0.4) is 0 Å². The molecule has 0 amide bonds. The Hall–Kier alpha value is -4.64. The van der Waals surface area contributed by atoms with E-state index in [0.29, 0.717) is 17.7 Å². The maximum Gasteiger partial charge on any atom is 0.344 e. The zero-order valence-corrected chi connectivity index (χ0v) is 19.7. The lowest BCUT2D eigenvalue weighted by Gasteiger charge is -2.12. The quantitative estimate of drug-likeness (QED) is 0.315. The number of rotatable bonds is 8. The Labute approximate surface area is 210 Å². The van der Waals surface area contributed by atoms with Gasteiger partial charge >= 0.3 is 11.9 Å². The molecule has 0 aliphatic heterocycles. The molecule has 188 valence electrons. The smallest absolute Gasteiger partial charge is 0.344 e. The Balaban J connectivity index is 1.52. The van der Waals surface area contributed by atoms with Crippen molar-refractivity contribution in [1.29, 1.82) is 0 Å². The van der Waals surface area contributed by atoms with E-state index in [9.17, 15) is 31.9 Å². The van der Waals surface area contributed by atoms with E-state index in [1.54, 1.807) is 42.5 Å². The molecule has 0 saturated heterocycles. The molecule has 0 unspecified atom stereocenters. The number of esters is 1. The fourth-order valence-corrected chi connectivity index (χ4v) is 4.41. The van der Waals surface area contributed by atoms with Gasteiger partial charge in [0.25, 0.3) is 10.0 Å². The molecule has 37 heavy (non-hydrogen) atoms. The minimum absolute atomic E-state index is 0.0166. The zero-order chi connectivity index (χ0) is 26.6. The van der Waals surface area contributed by atoms with Crippen LogP contribution in [0.4, 0.5) is 14.5 Å². The number of carbonyl (C=O) groups is 2. The summed E-state index contributed by atoms with van der Waals surface area (Å²) in [6.45, 7) is -0.202. The Bertz CT molecular complexity index is 1550. The van der Waals surface area contributed by atoms with Crippen LogP contribution < -0.4 is 4.72 Å². The molecule has 11 heteroatoms. The van der Waals surface area contributed by atoms with Crippen LogP contribution in [0.5, 0.6) is 0 Å². The largest absolute Gasteiger partial charge is 0.478 e. The van der Waals surface area contributed by atoms with Crippen molar-refractivity contribution < 1.29 is 36.6 Å². The second kappa shape index (κ2) is 10.5. The fraction of sp³-hybridized carbons (Fsp3) is 0.0385. The maximum atomic E-state index is 14.6. The van der Waals surface area contributed by atoms with Crippen molar-refractivity contribution >= 4 is 27.6 Å². The molecule has 0 atom stereocenters. The van der Waals surface area contributed by atoms with E-state index in [4.69, 9.17) is 4.74 Å². The van der Waals surface area contributed by atoms with Gasteiger partial charge in [-0.2, -0.15) is 0 Å². The average Bonchev–Trinajstić information content (AvgIpc) is 2.87. The lowest BCUT2D eigenvalue weighted by Crippen LogP contribution is -2.15. The molecule has 0 aliphatic carbocycles. The Kier molecular flexibility index (Phi) is 7.25. The van der Waals surface area contributed by atoms with Crippen LogP contribution in [0.15, 0.2) is 90.0 Å². The van der Waals surface area contributed by atoms with E-state index in [1.165, 1.54) is 24.3 Å². The summed E-state index contributed by atoms with van der Waals surface area (Å²) in [7, 11) is -4.33. The standard InChI is InChI=1S/C26H18F2N2O6S/c27-21-12-17(13-22(28)24(21)26(33)36-15-16-6-2-1-3-7-16)30-37(34,35)18-10-11-23(29-14-18)19-8-4-5-9-20(19)25(31)32/h1-14,30H,15H2,(H,31,32). The number of halogens is 2. The second-order valence-corrected chi connectivity index (χ2v) is 9.39. The van der Waals surface area contributed by atoms with Gasteiger partial charge in [0.15, 0.2) is 0 Å². The van der Waals surface area contributed by atoms with Crippen molar-refractivity contribution in [2.24, 2.45) is 0 Å². The summed E-state index contributed by atoms with van der Waals surface area (Å²) in [5.74, 6) is -5.04. The van der Waals surface area contributed by atoms with Crippen LogP contribution in [0, 0.1) is 11.6 Å². The Morgan fingerprint density at radius 2 is 1.57 bits per heavy atom. The lowest BCUT2D eigenvalue weighted by atomic mass is 10.0.